The number of carbonyl (C=O) groups excluding carboxylic acids is 3. The predicted molar refractivity (Wildman–Crippen MR) is 222 cm³/mol. The van der Waals surface area contributed by atoms with Crippen molar-refractivity contribution in [2.45, 2.75) is 163 Å². The van der Waals surface area contributed by atoms with Gasteiger partial charge in [-0.05, 0) is 67.1 Å². The lowest BCUT2D eigenvalue weighted by molar-refractivity contribution is -0.153. The van der Waals surface area contributed by atoms with Gasteiger partial charge in [0.05, 0.1) is 12.7 Å². The number of carbonyl (C=O) groups is 3. The molecule has 0 heterocycles. The Balaban J connectivity index is 2.34. The zero-order valence-electron chi connectivity index (χ0n) is 36.4. The molecule has 1 aliphatic carbocycles. The van der Waals surface area contributed by atoms with E-state index in [0.717, 1.165) is 44.2 Å². The molecule has 5 unspecified atom stereocenters. The smallest absolute Gasteiger partial charge is 0.416 e. The third-order valence-corrected chi connectivity index (χ3v) is 12.3. The highest BCUT2D eigenvalue weighted by Gasteiger charge is 2.46. The van der Waals surface area contributed by atoms with E-state index in [1.165, 1.54) is 51.5 Å². The summed E-state index contributed by atoms with van der Waals surface area (Å²) in [6.45, 7) is 14.6. The number of aliphatic hydroxyl groups excluding tert-OH is 1. The molecule has 1 aliphatic rings. The number of aliphatic hydroxyl groups is 1. The average molecular weight is 823 g/mol. The van der Waals surface area contributed by atoms with Crippen LogP contribution in [0, 0.1) is 41.4 Å². The van der Waals surface area contributed by atoms with Gasteiger partial charge in [-0.2, -0.15) is 13.2 Å². The molecule has 8 nitrogen and oxygen atoms in total. The van der Waals surface area contributed by atoms with E-state index >= 15 is 0 Å². The van der Waals surface area contributed by atoms with Crippen LogP contribution in [0.1, 0.15) is 144 Å². The number of rotatable bonds is 27. The van der Waals surface area contributed by atoms with Crippen molar-refractivity contribution in [1.29, 1.82) is 0 Å². The molecule has 1 aromatic rings. The third kappa shape index (κ3) is 16.7. The van der Waals surface area contributed by atoms with Crippen LogP contribution in [-0.4, -0.2) is 55.0 Å². The molecule has 0 radical (unpaired) electrons. The summed E-state index contributed by atoms with van der Waals surface area (Å²) in [7, 11) is 1.35. The van der Waals surface area contributed by atoms with E-state index in [4.69, 9.17) is 18.9 Å². The fourth-order valence-electron chi connectivity index (χ4n) is 9.34. The minimum atomic E-state index is -4.53. The van der Waals surface area contributed by atoms with E-state index in [1.807, 2.05) is 12.2 Å². The molecule has 2 rings (SSSR count). The second kappa shape index (κ2) is 26.7. The highest BCUT2D eigenvalue weighted by Crippen LogP contribution is 2.44. The Morgan fingerprint density at radius 3 is 2.12 bits per heavy atom. The van der Waals surface area contributed by atoms with Crippen LogP contribution in [0.5, 0.6) is 5.75 Å². The second-order valence-electron chi connectivity index (χ2n) is 16.0. The number of hydrogen-bond acceptors (Lipinski definition) is 8. The summed E-state index contributed by atoms with van der Waals surface area (Å²) in [4.78, 5) is 37.9. The van der Waals surface area contributed by atoms with Gasteiger partial charge in [0.2, 0.25) is 0 Å². The lowest BCUT2D eigenvalue weighted by Crippen LogP contribution is -2.34. The highest BCUT2D eigenvalue weighted by molar-refractivity contribution is 5.70. The Morgan fingerprint density at radius 1 is 0.862 bits per heavy atom. The molecule has 1 N–H and O–H groups in total. The zero-order chi connectivity index (χ0) is 43.3. The number of methoxy groups -OCH3 is 1. The molecule has 11 heteroatoms. The number of hydrogen-bond donors (Lipinski definition) is 1. The molecule has 1 aromatic carbocycles. The number of unbranched alkanes of at least 4 members (excludes halogenated alkanes) is 2. The maximum absolute atomic E-state index is 14.0. The SMILES string of the molecule is CCCCC(CC)C(CC)C(CC)C(CC)C(CC)CC(=O)O[C@H]1C[C@@H](OC(C)=O)[C@H](/C=C/[C@@H](O)COc2cccc(C(F)(F)F)c2)[C@H]1C/C=C\CCCC(=O)OC. The predicted octanol–water partition coefficient (Wildman–Crippen LogP) is 11.5. The van der Waals surface area contributed by atoms with E-state index in [-0.39, 0.29) is 49.0 Å². The van der Waals surface area contributed by atoms with Crippen molar-refractivity contribution in [2.75, 3.05) is 13.7 Å². The molecule has 0 aliphatic heterocycles. The van der Waals surface area contributed by atoms with Crippen LogP contribution in [-0.2, 0) is 34.8 Å². The first-order valence-electron chi connectivity index (χ1n) is 21.9. The minimum absolute atomic E-state index is 0.0315. The first-order valence-corrected chi connectivity index (χ1v) is 21.9. The number of halogens is 3. The molecule has 10 atom stereocenters. The van der Waals surface area contributed by atoms with E-state index < -0.39 is 41.9 Å². The van der Waals surface area contributed by atoms with E-state index in [2.05, 4.69) is 41.5 Å². The van der Waals surface area contributed by atoms with Gasteiger partial charge in [-0.15, -0.1) is 0 Å². The molecule has 58 heavy (non-hydrogen) atoms. The van der Waals surface area contributed by atoms with Crippen LogP contribution in [0.4, 0.5) is 13.2 Å². The number of allylic oxidation sites excluding steroid dienone is 2. The normalized spacial score (nSPS) is 21.7. The second-order valence-corrected chi connectivity index (χ2v) is 16.0. The lowest BCUT2D eigenvalue weighted by atomic mass is 9.65. The maximum Gasteiger partial charge on any atom is 0.416 e. The molecular weight excluding hydrogens is 750 g/mol. The molecule has 0 amide bonds. The largest absolute Gasteiger partial charge is 0.491 e. The standard InChI is InChI=1S/C47H73F3O8/c1-9-15-21-33(10-2)38(12-4)40(14-6)39(13-5)34(11-3)28-46(54)58-44-30-43(57-32(7)51)42(41(44)24-18-16-17-19-25-45(53)55-8)27-26-36(52)31-56-37-23-20-22-35(29-37)47(48,49)50/h16,18,20,22-23,26-27,29,33-34,36,38-44,52H,9-15,17,19,21,24-25,28,30-31H2,1-8H3/b18-16-,27-26+/t33?,34?,36-,38?,39?,40?,41-,42-,43-,44+/m1/s1. The summed E-state index contributed by atoms with van der Waals surface area (Å²) >= 11 is 0. The maximum atomic E-state index is 14.0. The fraction of sp³-hybridized carbons (Fsp3) is 0.723. The van der Waals surface area contributed by atoms with Crippen LogP contribution in [0.25, 0.3) is 0 Å². The van der Waals surface area contributed by atoms with Crippen molar-refractivity contribution in [2.24, 2.45) is 41.4 Å². The number of benzene rings is 1. The monoisotopic (exact) mass is 823 g/mol. The molecule has 330 valence electrons. The quantitative estimate of drug-likeness (QED) is 0.0404. The Morgan fingerprint density at radius 2 is 1.53 bits per heavy atom. The van der Waals surface area contributed by atoms with Gasteiger partial charge >= 0.3 is 24.1 Å². The van der Waals surface area contributed by atoms with Gasteiger partial charge < -0.3 is 24.1 Å². The Hall–Kier alpha value is -3.34. The number of alkyl halides is 3. The van der Waals surface area contributed by atoms with Crippen LogP contribution in [0.2, 0.25) is 0 Å². The summed E-state index contributed by atoms with van der Waals surface area (Å²) in [6.07, 6.45) is 11.7. The van der Waals surface area contributed by atoms with Gasteiger partial charge in [0.25, 0.3) is 0 Å². The molecule has 0 aromatic heterocycles. The van der Waals surface area contributed by atoms with Crippen molar-refractivity contribution in [3.63, 3.8) is 0 Å². The Labute approximate surface area is 346 Å². The summed E-state index contributed by atoms with van der Waals surface area (Å²) in [5.41, 5.74) is -0.856. The van der Waals surface area contributed by atoms with Gasteiger partial charge in [-0.3, -0.25) is 14.4 Å². The van der Waals surface area contributed by atoms with Crippen LogP contribution < -0.4 is 4.74 Å². The van der Waals surface area contributed by atoms with Crippen molar-refractivity contribution in [3.8, 4) is 5.75 Å². The van der Waals surface area contributed by atoms with Crippen molar-refractivity contribution < 1.29 is 51.6 Å². The average Bonchev–Trinajstić information content (AvgIpc) is 3.50. The molecule has 0 bridgehead atoms. The van der Waals surface area contributed by atoms with Gasteiger partial charge in [0.1, 0.15) is 30.7 Å². The first kappa shape index (κ1) is 50.8. The Bertz CT molecular complexity index is 1410. The van der Waals surface area contributed by atoms with Gasteiger partial charge in [0.15, 0.2) is 0 Å². The molecule has 0 spiro atoms. The summed E-state index contributed by atoms with van der Waals surface area (Å²) < 4.78 is 62.0. The molecule has 0 saturated heterocycles. The topological polar surface area (TPSA) is 108 Å². The number of esters is 3. The van der Waals surface area contributed by atoms with Crippen molar-refractivity contribution in [3.05, 3.63) is 54.1 Å². The number of ether oxygens (including phenoxy) is 4. The van der Waals surface area contributed by atoms with Crippen LogP contribution in [0.15, 0.2) is 48.6 Å². The van der Waals surface area contributed by atoms with Gasteiger partial charge in [-0.1, -0.05) is 123 Å². The van der Waals surface area contributed by atoms with Crippen molar-refractivity contribution >= 4 is 17.9 Å². The Kier molecular flexibility index (Phi) is 23.4. The summed E-state index contributed by atoms with van der Waals surface area (Å²) in [6, 6.07) is 4.45. The molecular formula is C47H73F3O8. The van der Waals surface area contributed by atoms with Crippen molar-refractivity contribution in [1.82, 2.24) is 0 Å². The fourth-order valence-corrected chi connectivity index (χ4v) is 9.34. The summed E-state index contributed by atoms with van der Waals surface area (Å²) in [5.74, 6) is 0.460. The van der Waals surface area contributed by atoms with E-state index in [1.54, 1.807) is 6.08 Å². The van der Waals surface area contributed by atoms with Gasteiger partial charge in [-0.25, -0.2) is 0 Å². The summed E-state index contributed by atoms with van der Waals surface area (Å²) in [5, 5.41) is 10.8. The third-order valence-electron chi connectivity index (χ3n) is 12.3. The lowest BCUT2D eigenvalue weighted by Gasteiger charge is -2.40. The van der Waals surface area contributed by atoms with Crippen LogP contribution >= 0.6 is 0 Å². The first-order chi connectivity index (χ1) is 27.7. The zero-order valence-corrected chi connectivity index (χ0v) is 36.4. The minimum Gasteiger partial charge on any atom is -0.491 e. The van der Waals surface area contributed by atoms with Gasteiger partial charge in [0, 0.05) is 38.0 Å². The highest BCUT2D eigenvalue weighted by atomic mass is 19.4. The molecule has 1 saturated carbocycles. The van der Waals surface area contributed by atoms with E-state index in [0.29, 0.717) is 49.4 Å². The molecule has 1 fully saturated rings. The van der Waals surface area contributed by atoms with E-state index in [9.17, 15) is 32.7 Å². The van der Waals surface area contributed by atoms with Crippen LogP contribution in [0.3, 0.4) is 0 Å².